The zero-order valence-electron chi connectivity index (χ0n) is 14.5. The van der Waals surface area contributed by atoms with E-state index in [2.05, 4.69) is 31.0 Å². The fourth-order valence-corrected chi connectivity index (χ4v) is 2.29. The molecule has 5 heteroatoms. The van der Waals surface area contributed by atoms with Crippen LogP contribution in [0.1, 0.15) is 32.4 Å². The molecule has 1 atom stereocenters. The third kappa shape index (κ3) is 4.78. The number of carbonyl (C=O) groups is 1. The molecule has 1 N–H and O–H groups in total. The molecular formula is C17H28FN3O. The molecule has 0 radical (unpaired) electrons. The Morgan fingerprint density at radius 3 is 2.23 bits per heavy atom. The van der Waals surface area contributed by atoms with Gasteiger partial charge in [-0.25, -0.2) is 4.39 Å². The van der Waals surface area contributed by atoms with Crippen LogP contribution >= 0.6 is 0 Å². The summed E-state index contributed by atoms with van der Waals surface area (Å²) in [4.78, 5) is 16.6. The lowest BCUT2D eigenvalue weighted by molar-refractivity contribution is -0.126. The molecule has 1 aromatic carbocycles. The Balaban J connectivity index is 2.81. The number of carbonyl (C=O) groups excluding carboxylic acids is 1. The van der Waals surface area contributed by atoms with Gasteiger partial charge in [0.25, 0.3) is 0 Å². The number of hydrogen-bond donors (Lipinski definition) is 1. The summed E-state index contributed by atoms with van der Waals surface area (Å²) in [7, 11) is 5.73. The van der Waals surface area contributed by atoms with E-state index in [0.717, 1.165) is 12.1 Å². The number of benzene rings is 1. The molecule has 0 saturated carbocycles. The maximum absolute atomic E-state index is 13.1. The molecule has 0 aliphatic heterocycles. The molecule has 1 rings (SSSR count). The molecule has 0 unspecified atom stereocenters. The van der Waals surface area contributed by atoms with Crippen LogP contribution in [0.15, 0.2) is 24.3 Å². The molecule has 124 valence electrons. The molecule has 1 amide bonds. The highest BCUT2D eigenvalue weighted by molar-refractivity contribution is 5.83. The Labute approximate surface area is 133 Å². The number of hydrogen-bond acceptors (Lipinski definition) is 3. The molecule has 22 heavy (non-hydrogen) atoms. The topological polar surface area (TPSA) is 35.6 Å². The molecule has 0 aromatic heterocycles. The minimum absolute atomic E-state index is 0.0748. The third-order valence-corrected chi connectivity index (χ3v) is 4.15. The van der Waals surface area contributed by atoms with E-state index >= 15 is 0 Å². The minimum Gasteiger partial charge on any atom is -0.353 e. The second-order valence-electron chi connectivity index (χ2n) is 6.46. The summed E-state index contributed by atoms with van der Waals surface area (Å²) in [5.41, 5.74) is 0.662. The lowest BCUT2D eigenvalue weighted by Gasteiger charge is -2.35. The fraction of sp³-hybridized carbons (Fsp3) is 0.588. The number of nitrogens with one attached hydrogen (secondary N) is 1. The SMILES string of the molecule is CCN(C)C(C)(C)CNC(=O)[C@H](c1ccc(F)cc1)N(C)C. The van der Waals surface area contributed by atoms with Crippen molar-refractivity contribution in [1.82, 2.24) is 15.1 Å². The maximum atomic E-state index is 13.1. The predicted octanol–water partition coefficient (Wildman–Crippen LogP) is 2.27. The summed E-state index contributed by atoms with van der Waals surface area (Å²) < 4.78 is 13.1. The molecule has 0 aliphatic carbocycles. The summed E-state index contributed by atoms with van der Waals surface area (Å²) in [6.45, 7) is 7.75. The van der Waals surface area contributed by atoms with E-state index in [1.165, 1.54) is 12.1 Å². The predicted molar refractivity (Wildman–Crippen MR) is 88.2 cm³/mol. The average Bonchev–Trinajstić information content (AvgIpc) is 2.46. The Bertz CT molecular complexity index is 485. The van der Waals surface area contributed by atoms with Crippen molar-refractivity contribution >= 4 is 5.91 Å². The number of amides is 1. The monoisotopic (exact) mass is 309 g/mol. The first-order valence-electron chi connectivity index (χ1n) is 7.60. The molecule has 0 fully saturated rings. The van der Waals surface area contributed by atoms with Crippen molar-refractivity contribution in [1.29, 1.82) is 0 Å². The minimum atomic E-state index is -0.427. The lowest BCUT2D eigenvalue weighted by atomic mass is 10.0. The van der Waals surface area contributed by atoms with E-state index in [0.29, 0.717) is 6.54 Å². The molecule has 0 bridgehead atoms. The van der Waals surface area contributed by atoms with Gasteiger partial charge < -0.3 is 5.32 Å². The fourth-order valence-electron chi connectivity index (χ4n) is 2.29. The van der Waals surface area contributed by atoms with E-state index in [1.54, 1.807) is 12.1 Å². The van der Waals surface area contributed by atoms with Gasteiger partial charge in [0, 0.05) is 12.1 Å². The van der Waals surface area contributed by atoms with Gasteiger partial charge in [0.1, 0.15) is 11.9 Å². The summed E-state index contributed by atoms with van der Waals surface area (Å²) in [5, 5.41) is 3.02. The molecule has 0 saturated heterocycles. The van der Waals surface area contributed by atoms with Crippen molar-refractivity contribution in [3.63, 3.8) is 0 Å². The highest BCUT2D eigenvalue weighted by Gasteiger charge is 2.27. The van der Waals surface area contributed by atoms with E-state index in [4.69, 9.17) is 0 Å². The largest absolute Gasteiger partial charge is 0.353 e. The van der Waals surface area contributed by atoms with Crippen LogP contribution in [-0.4, -0.2) is 55.5 Å². The van der Waals surface area contributed by atoms with E-state index in [1.807, 2.05) is 26.0 Å². The second kappa shape index (κ2) is 7.70. The Morgan fingerprint density at radius 2 is 1.77 bits per heavy atom. The van der Waals surface area contributed by atoms with E-state index in [-0.39, 0.29) is 17.3 Å². The zero-order valence-corrected chi connectivity index (χ0v) is 14.5. The molecule has 0 heterocycles. The van der Waals surface area contributed by atoms with Gasteiger partial charge in [-0.3, -0.25) is 14.6 Å². The summed E-state index contributed by atoms with van der Waals surface area (Å²) in [6, 6.07) is 5.65. The van der Waals surface area contributed by atoms with Gasteiger partial charge in [-0.05, 0) is 59.2 Å². The molecule has 0 aliphatic rings. The standard InChI is InChI=1S/C17H28FN3O/c1-7-21(6)17(2,3)12-19-16(22)15(20(4)5)13-8-10-14(18)11-9-13/h8-11,15H,7,12H2,1-6H3,(H,19,22)/t15-/m0/s1. The molecule has 0 spiro atoms. The Kier molecular flexibility index (Phi) is 6.50. The van der Waals surface area contributed by atoms with Crippen molar-refractivity contribution < 1.29 is 9.18 Å². The van der Waals surface area contributed by atoms with Crippen LogP contribution in [-0.2, 0) is 4.79 Å². The van der Waals surface area contributed by atoms with Gasteiger partial charge in [-0.15, -0.1) is 0 Å². The number of rotatable bonds is 7. The summed E-state index contributed by atoms with van der Waals surface area (Å²) in [6.07, 6.45) is 0. The van der Waals surface area contributed by atoms with Gasteiger partial charge in [0.05, 0.1) is 0 Å². The van der Waals surface area contributed by atoms with Gasteiger partial charge in [0.2, 0.25) is 5.91 Å². The first-order valence-corrected chi connectivity index (χ1v) is 7.60. The van der Waals surface area contributed by atoms with E-state index < -0.39 is 6.04 Å². The average molecular weight is 309 g/mol. The van der Waals surface area contributed by atoms with Crippen LogP contribution < -0.4 is 5.32 Å². The second-order valence-corrected chi connectivity index (χ2v) is 6.46. The number of halogens is 1. The van der Waals surface area contributed by atoms with Crippen LogP contribution in [0.3, 0.4) is 0 Å². The van der Waals surface area contributed by atoms with Gasteiger partial charge >= 0.3 is 0 Å². The Morgan fingerprint density at radius 1 is 1.23 bits per heavy atom. The maximum Gasteiger partial charge on any atom is 0.242 e. The highest BCUT2D eigenvalue weighted by atomic mass is 19.1. The molecular weight excluding hydrogens is 281 g/mol. The molecule has 1 aromatic rings. The first kappa shape index (κ1) is 18.6. The van der Waals surface area contributed by atoms with Crippen molar-refractivity contribution in [2.45, 2.75) is 32.4 Å². The van der Waals surface area contributed by atoms with Crippen LogP contribution in [0.5, 0.6) is 0 Å². The van der Waals surface area contributed by atoms with Crippen LogP contribution in [0.25, 0.3) is 0 Å². The summed E-state index contributed by atoms with van der Waals surface area (Å²) >= 11 is 0. The Hall–Kier alpha value is -1.46. The first-order chi connectivity index (χ1) is 10.2. The van der Waals surface area contributed by atoms with Crippen molar-refractivity contribution in [3.05, 3.63) is 35.6 Å². The normalized spacial score (nSPS) is 13.5. The van der Waals surface area contributed by atoms with Gasteiger partial charge in [-0.2, -0.15) is 0 Å². The van der Waals surface area contributed by atoms with Crippen molar-refractivity contribution in [2.75, 3.05) is 34.2 Å². The van der Waals surface area contributed by atoms with Gasteiger partial charge in [0.15, 0.2) is 0 Å². The van der Waals surface area contributed by atoms with Crippen molar-refractivity contribution in [2.24, 2.45) is 0 Å². The lowest BCUT2D eigenvalue weighted by Crippen LogP contribution is -2.51. The highest BCUT2D eigenvalue weighted by Crippen LogP contribution is 2.19. The smallest absolute Gasteiger partial charge is 0.242 e. The van der Waals surface area contributed by atoms with E-state index in [9.17, 15) is 9.18 Å². The number of likely N-dealkylation sites (N-methyl/N-ethyl adjacent to an activating group) is 2. The van der Waals surface area contributed by atoms with Crippen LogP contribution in [0, 0.1) is 5.82 Å². The third-order valence-electron chi connectivity index (χ3n) is 4.15. The van der Waals surface area contributed by atoms with Crippen LogP contribution in [0.2, 0.25) is 0 Å². The molecule has 4 nitrogen and oxygen atoms in total. The van der Waals surface area contributed by atoms with Gasteiger partial charge in [-0.1, -0.05) is 19.1 Å². The zero-order chi connectivity index (χ0) is 16.9. The van der Waals surface area contributed by atoms with Crippen LogP contribution in [0.4, 0.5) is 4.39 Å². The summed E-state index contributed by atoms with van der Waals surface area (Å²) in [5.74, 6) is -0.374. The van der Waals surface area contributed by atoms with Crippen molar-refractivity contribution in [3.8, 4) is 0 Å². The quantitative estimate of drug-likeness (QED) is 0.839. The number of nitrogens with zero attached hydrogens (tertiary/aromatic N) is 2.